The largest absolute Gasteiger partial charge is 0.384 e. The van der Waals surface area contributed by atoms with Crippen LogP contribution in [0.5, 0.6) is 0 Å². The summed E-state index contributed by atoms with van der Waals surface area (Å²) in [5.74, 6) is 1.06. The number of likely N-dealkylation sites (N-methyl/N-ethyl adjacent to an activating group) is 1. The normalized spacial score (nSPS) is 24.9. The van der Waals surface area contributed by atoms with Crippen LogP contribution in [0.1, 0.15) is 130 Å². The predicted molar refractivity (Wildman–Crippen MR) is 190 cm³/mol. The van der Waals surface area contributed by atoms with Gasteiger partial charge in [-0.1, -0.05) is 109 Å². The summed E-state index contributed by atoms with van der Waals surface area (Å²) in [4.78, 5) is 43.2. The quantitative estimate of drug-likeness (QED) is 0.223. The van der Waals surface area contributed by atoms with Gasteiger partial charge in [-0.25, -0.2) is 0 Å². The van der Waals surface area contributed by atoms with Gasteiger partial charge in [0, 0.05) is 18.3 Å². The van der Waals surface area contributed by atoms with Crippen LogP contribution in [0, 0.1) is 17.3 Å². The minimum atomic E-state index is -0.766. The lowest BCUT2D eigenvalue weighted by atomic mass is 9.78. The molecule has 4 rings (SSSR count). The summed E-state index contributed by atoms with van der Waals surface area (Å²) in [6.07, 6.45) is 17.9. The Hall–Kier alpha value is -2.87. The van der Waals surface area contributed by atoms with E-state index in [1.807, 2.05) is 51.1 Å². The van der Waals surface area contributed by atoms with Crippen molar-refractivity contribution in [2.24, 2.45) is 17.3 Å². The van der Waals surface area contributed by atoms with Crippen LogP contribution >= 0.6 is 0 Å². The highest BCUT2D eigenvalue weighted by Gasteiger charge is 2.45. The van der Waals surface area contributed by atoms with Gasteiger partial charge in [-0.15, -0.1) is 0 Å². The Kier molecular flexibility index (Phi) is 13.8. The lowest BCUT2D eigenvalue weighted by Crippen LogP contribution is -2.59. The molecule has 2 aliphatic carbocycles. The number of nitrogens with one attached hydrogen (secondary N) is 4. The third-order valence-corrected chi connectivity index (χ3v) is 11.0. The third-order valence-electron chi connectivity index (χ3n) is 11.0. The molecule has 8 heteroatoms. The Morgan fingerprint density at radius 1 is 0.915 bits per heavy atom. The average molecular weight is 650 g/mol. The third kappa shape index (κ3) is 10.3. The van der Waals surface area contributed by atoms with Gasteiger partial charge in [-0.3, -0.25) is 14.4 Å². The van der Waals surface area contributed by atoms with Crippen LogP contribution in [0.4, 0.5) is 0 Å². The van der Waals surface area contributed by atoms with Gasteiger partial charge in [0.2, 0.25) is 17.7 Å². The lowest BCUT2D eigenvalue weighted by Gasteiger charge is -2.36. The van der Waals surface area contributed by atoms with Gasteiger partial charge in [0.25, 0.3) is 0 Å². The number of nitrogens with zero attached hydrogens (tertiary/aromatic N) is 1. The maximum atomic E-state index is 14.4. The van der Waals surface area contributed by atoms with Crippen molar-refractivity contribution in [2.75, 3.05) is 13.6 Å². The smallest absolute Gasteiger partial charge is 0.246 e. The molecule has 6 atom stereocenters. The predicted octanol–water partition coefficient (Wildman–Crippen LogP) is 6.39. The summed E-state index contributed by atoms with van der Waals surface area (Å²) < 4.78 is 0. The zero-order valence-corrected chi connectivity index (χ0v) is 30.1. The van der Waals surface area contributed by atoms with Crippen molar-refractivity contribution in [2.45, 2.75) is 148 Å². The summed E-state index contributed by atoms with van der Waals surface area (Å²) >= 11 is 0. The van der Waals surface area contributed by atoms with Gasteiger partial charge in [-0.2, -0.15) is 0 Å². The number of benzene rings is 1. The van der Waals surface area contributed by atoms with Gasteiger partial charge in [-0.05, 0) is 75.3 Å². The number of likely N-dealkylation sites (tertiary alicyclic amines) is 1. The average Bonchev–Trinajstić information content (AvgIpc) is 3.33. The first-order valence-corrected chi connectivity index (χ1v) is 18.6. The topological polar surface area (TPSA) is 103 Å². The Labute approximate surface area is 284 Å². The highest BCUT2D eigenvalue weighted by atomic mass is 16.2. The van der Waals surface area contributed by atoms with Gasteiger partial charge in [0.15, 0.2) is 0 Å². The number of rotatable bonds is 11. The molecule has 3 amide bonds. The van der Waals surface area contributed by atoms with E-state index in [0.717, 1.165) is 36.7 Å². The van der Waals surface area contributed by atoms with Crippen LogP contribution < -0.4 is 21.3 Å². The Morgan fingerprint density at radius 3 is 2.21 bits per heavy atom. The lowest BCUT2D eigenvalue weighted by molar-refractivity contribution is -0.144. The number of allylic oxidation sites excluding steroid dienone is 2. The maximum absolute atomic E-state index is 14.4. The molecule has 0 aromatic heterocycles. The summed E-state index contributed by atoms with van der Waals surface area (Å²) in [6.45, 7) is 10.2. The summed E-state index contributed by atoms with van der Waals surface area (Å²) in [5, 5.41) is 13.1. The van der Waals surface area contributed by atoms with Gasteiger partial charge >= 0.3 is 0 Å². The molecule has 262 valence electrons. The van der Waals surface area contributed by atoms with E-state index in [0.29, 0.717) is 13.0 Å². The van der Waals surface area contributed by atoms with Crippen molar-refractivity contribution in [3.8, 4) is 0 Å². The van der Waals surface area contributed by atoms with Crippen LogP contribution in [0.3, 0.4) is 0 Å². The first-order valence-electron chi connectivity index (χ1n) is 18.6. The molecule has 0 spiro atoms. The molecular weight excluding hydrogens is 586 g/mol. The molecule has 1 unspecified atom stereocenters. The first kappa shape index (κ1) is 37.0. The second-order valence-electron chi connectivity index (χ2n) is 15.5. The fourth-order valence-corrected chi connectivity index (χ4v) is 7.90. The number of amides is 3. The van der Waals surface area contributed by atoms with Crippen molar-refractivity contribution < 1.29 is 14.4 Å². The molecule has 1 aromatic carbocycles. The van der Waals surface area contributed by atoms with E-state index in [1.54, 1.807) is 18.9 Å². The second-order valence-corrected chi connectivity index (χ2v) is 15.5. The van der Waals surface area contributed by atoms with Crippen molar-refractivity contribution in [3.05, 3.63) is 47.7 Å². The van der Waals surface area contributed by atoms with E-state index in [-0.39, 0.29) is 29.8 Å². The molecule has 1 heterocycles. The molecule has 1 aromatic rings. The zero-order valence-electron chi connectivity index (χ0n) is 30.1. The zero-order chi connectivity index (χ0) is 34.0. The Bertz CT molecular complexity index is 1190. The minimum absolute atomic E-state index is 0.0387. The molecule has 1 saturated carbocycles. The molecule has 3 aliphatic rings. The molecule has 0 radical (unpaired) electrons. The summed E-state index contributed by atoms with van der Waals surface area (Å²) in [5.41, 5.74) is 1.77. The highest BCUT2D eigenvalue weighted by Crippen LogP contribution is 2.36. The molecular formula is C39H63N5O3. The van der Waals surface area contributed by atoms with Crippen molar-refractivity contribution in [1.29, 1.82) is 0 Å². The first-order chi connectivity index (χ1) is 22.5. The number of hydrogen-bond acceptors (Lipinski definition) is 5. The Morgan fingerprint density at radius 2 is 1.57 bits per heavy atom. The molecule has 0 bridgehead atoms. The molecule has 4 N–H and O–H groups in total. The van der Waals surface area contributed by atoms with Gasteiger partial charge < -0.3 is 26.2 Å². The number of carbonyl (C=O) groups excluding carboxylic acids is 3. The Balaban J connectivity index is 1.50. The van der Waals surface area contributed by atoms with Crippen LogP contribution in [-0.2, 0) is 14.4 Å². The molecule has 1 saturated heterocycles. The fraction of sp³-hybridized carbons (Fsp3) is 0.718. The van der Waals surface area contributed by atoms with E-state index in [1.165, 1.54) is 63.5 Å². The fourth-order valence-electron chi connectivity index (χ4n) is 7.90. The van der Waals surface area contributed by atoms with Crippen molar-refractivity contribution >= 4 is 17.7 Å². The maximum Gasteiger partial charge on any atom is 0.246 e. The van der Waals surface area contributed by atoms with E-state index >= 15 is 0 Å². The van der Waals surface area contributed by atoms with E-state index in [9.17, 15) is 14.4 Å². The highest BCUT2D eigenvalue weighted by molar-refractivity contribution is 5.94. The van der Waals surface area contributed by atoms with E-state index in [2.05, 4.69) is 34.3 Å². The van der Waals surface area contributed by atoms with Crippen molar-refractivity contribution in [3.63, 3.8) is 0 Å². The number of hydrogen-bond donors (Lipinski definition) is 4. The van der Waals surface area contributed by atoms with E-state index < -0.39 is 23.5 Å². The minimum Gasteiger partial charge on any atom is -0.384 e. The van der Waals surface area contributed by atoms with Gasteiger partial charge in [0.05, 0.1) is 12.1 Å². The van der Waals surface area contributed by atoms with Crippen LogP contribution in [0.25, 0.3) is 0 Å². The molecule has 1 aliphatic heterocycles. The second kappa shape index (κ2) is 17.5. The SMILES string of the molecule is CC[C@@H](NC(=O)[C@@H]1C[C@H](NC2=CCCC(C3CCCCCCC3)CC2)CN1C(=O)[C@@H](NC(=O)[C@H](C)NC)C(C)(C)C)c1ccccc1. The van der Waals surface area contributed by atoms with E-state index in [4.69, 9.17) is 0 Å². The molecule has 8 nitrogen and oxygen atoms in total. The van der Waals surface area contributed by atoms with Crippen molar-refractivity contribution in [1.82, 2.24) is 26.2 Å². The van der Waals surface area contributed by atoms with Gasteiger partial charge in [0.1, 0.15) is 12.1 Å². The summed E-state index contributed by atoms with van der Waals surface area (Å²) in [6, 6.07) is 8.00. The summed E-state index contributed by atoms with van der Waals surface area (Å²) in [7, 11) is 1.73. The van der Waals surface area contributed by atoms with Crippen LogP contribution in [0.2, 0.25) is 0 Å². The molecule has 2 fully saturated rings. The van der Waals surface area contributed by atoms with Crippen LogP contribution in [0.15, 0.2) is 42.1 Å². The van der Waals surface area contributed by atoms with Crippen LogP contribution in [-0.4, -0.2) is 60.4 Å². The molecule has 47 heavy (non-hydrogen) atoms. The number of carbonyl (C=O) groups is 3. The standard InChI is InChI=1S/C39H63N5O3/c1-7-33(30-19-14-11-15-20-30)42-37(46)34-25-32(26-44(34)38(47)35(39(3,4)5)43-36(45)27(2)40-6)41-31-22-16-21-29(23-24-31)28-17-12-9-8-10-13-18-28/h11,14-15,19-20,22,27-29,32-35,40-41H,7-10,12-13,16-18,21,23-26H2,1-6H3,(H,42,46)(H,43,45)/t27-,29?,32-,33+,34-,35+/m0/s1. The monoisotopic (exact) mass is 649 g/mol.